The summed E-state index contributed by atoms with van der Waals surface area (Å²) in [5.41, 5.74) is 2.20. The zero-order chi connectivity index (χ0) is 19.2. The van der Waals surface area contributed by atoms with Gasteiger partial charge in [0.2, 0.25) is 5.95 Å². The van der Waals surface area contributed by atoms with E-state index in [0.717, 1.165) is 11.3 Å². The monoisotopic (exact) mass is 367 g/mol. The molecule has 0 saturated heterocycles. The van der Waals surface area contributed by atoms with E-state index >= 15 is 0 Å². The number of aromatic nitrogens is 5. The van der Waals surface area contributed by atoms with E-state index in [1.165, 1.54) is 6.92 Å². The van der Waals surface area contributed by atoms with Crippen LogP contribution >= 0.6 is 0 Å². The highest BCUT2D eigenvalue weighted by Gasteiger charge is 2.07. The highest BCUT2D eigenvalue weighted by molar-refractivity contribution is 5.91. The molecule has 3 aromatic heterocycles. The van der Waals surface area contributed by atoms with E-state index in [0.29, 0.717) is 17.5 Å². The molecule has 0 aromatic carbocycles. The average molecular weight is 367 g/mol. The second-order valence-corrected chi connectivity index (χ2v) is 5.55. The third kappa shape index (κ3) is 5.08. The number of nitrogens with one attached hydrogen (secondary N) is 2. The van der Waals surface area contributed by atoms with E-state index in [9.17, 15) is 9.59 Å². The predicted octanol–water partition coefficient (Wildman–Crippen LogP) is 1.52. The van der Waals surface area contributed by atoms with E-state index in [-0.39, 0.29) is 6.61 Å². The van der Waals surface area contributed by atoms with Gasteiger partial charge in [0.05, 0.1) is 17.6 Å². The second-order valence-electron chi connectivity index (χ2n) is 5.55. The number of nitrogens with zero attached hydrogens (tertiary/aromatic N) is 5. The Labute approximate surface area is 154 Å². The number of carbonyl (C=O) groups is 2. The van der Waals surface area contributed by atoms with Gasteiger partial charge >= 0.3 is 5.97 Å². The van der Waals surface area contributed by atoms with Gasteiger partial charge in [0.1, 0.15) is 5.82 Å². The summed E-state index contributed by atoms with van der Waals surface area (Å²) >= 11 is 0. The smallest absolute Gasteiger partial charge is 0.303 e. The Morgan fingerprint density at radius 3 is 2.70 bits per heavy atom. The maximum Gasteiger partial charge on any atom is 0.303 e. The zero-order valence-electron chi connectivity index (χ0n) is 14.7. The number of aryl methyl sites for hydroxylation is 1. The number of rotatable bonds is 6. The molecular weight excluding hydrogens is 350 g/mol. The highest BCUT2D eigenvalue weighted by Crippen LogP contribution is 2.19. The molecule has 3 heterocycles. The van der Waals surface area contributed by atoms with Crippen molar-refractivity contribution in [1.29, 1.82) is 0 Å². The number of anilines is 3. The molecule has 27 heavy (non-hydrogen) atoms. The van der Waals surface area contributed by atoms with E-state index in [1.807, 2.05) is 13.2 Å². The first-order valence-electron chi connectivity index (χ1n) is 7.98. The molecule has 0 saturated carbocycles. The molecule has 10 heteroatoms. The van der Waals surface area contributed by atoms with Crippen molar-refractivity contribution in [3.8, 4) is 11.3 Å². The fraction of sp³-hybridized carbons (Fsp3) is 0.176. The summed E-state index contributed by atoms with van der Waals surface area (Å²) in [7, 11) is 1.82. The summed E-state index contributed by atoms with van der Waals surface area (Å²) in [6, 6.07) is 5.16. The highest BCUT2D eigenvalue weighted by atomic mass is 16.5. The quantitative estimate of drug-likeness (QED) is 0.629. The molecule has 0 aliphatic heterocycles. The number of hydrogen-bond acceptors (Lipinski definition) is 8. The average Bonchev–Trinajstić information content (AvgIpc) is 3.05. The Bertz CT molecular complexity index is 953. The molecule has 0 bridgehead atoms. The molecule has 0 aliphatic rings. The van der Waals surface area contributed by atoms with Gasteiger partial charge in [0.15, 0.2) is 6.61 Å². The lowest BCUT2D eigenvalue weighted by Crippen LogP contribution is -2.20. The maximum atomic E-state index is 11.6. The second kappa shape index (κ2) is 8.04. The predicted molar refractivity (Wildman–Crippen MR) is 97.0 cm³/mol. The van der Waals surface area contributed by atoms with Crippen LogP contribution in [0.5, 0.6) is 0 Å². The van der Waals surface area contributed by atoms with Crippen molar-refractivity contribution in [2.75, 3.05) is 17.2 Å². The van der Waals surface area contributed by atoms with Crippen LogP contribution in [0.15, 0.2) is 43.0 Å². The van der Waals surface area contributed by atoms with Crippen LogP contribution in [0.25, 0.3) is 11.3 Å². The Balaban J connectivity index is 1.67. The molecule has 0 spiro atoms. The number of hydrogen-bond donors (Lipinski definition) is 2. The maximum absolute atomic E-state index is 11.6. The minimum absolute atomic E-state index is 0.346. The number of pyridine rings is 1. The van der Waals surface area contributed by atoms with Crippen LogP contribution in [0, 0.1) is 0 Å². The van der Waals surface area contributed by atoms with Crippen molar-refractivity contribution in [3.63, 3.8) is 0 Å². The number of amides is 1. The topological polar surface area (TPSA) is 124 Å². The van der Waals surface area contributed by atoms with Crippen LogP contribution in [0.3, 0.4) is 0 Å². The summed E-state index contributed by atoms with van der Waals surface area (Å²) < 4.78 is 6.30. The Kier molecular flexibility index (Phi) is 5.36. The van der Waals surface area contributed by atoms with Crippen molar-refractivity contribution < 1.29 is 14.3 Å². The number of ether oxygens (including phenoxy) is 1. The van der Waals surface area contributed by atoms with Crippen molar-refractivity contribution in [1.82, 2.24) is 24.7 Å². The molecule has 3 rings (SSSR count). The van der Waals surface area contributed by atoms with Crippen LogP contribution in [-0.2, 0) is 21.4 Å². The summed E-state index contributed by atoms with van der Waals surface area (Å²) in [5.74, 6) is -0.207. The third-order valence-electron chi connectivity index (χ3n) is 3.35. The molecular formula is C17H17N7O3. The lowest BCUT2D eigenvalue weighted by molar-refractivity contribution is -0.144. The summed E-state index contributed by atoms with van der Waals surface area (Å²) in [6.45, 7) is 0.882. The minimum Gasteiger partial charge on any atom is -0.456 e. The zero-order valence-corrected chi connectivity index (χ0v) is 14.7. The largest absolute Gasteiger partial charge is 0.456 e. The van der Waals surface area contributed by atoms with Gasteiger partial charge in [0, 0.05) is 38.1 Å². The third-order valence-corrected chi connectivity index (χ3v) is 3.35. The van der Waals surface area contributed by atoms with Crippen molar-refractivity contribution in [3.05, 3.63) is 43.0 Å². The van der Waals surface area contributed by atoms with Crippen molar-refractivity contribution >= 4 is 29.3 Å². The molecule has 0 aliphatic carbocycles. The van der Waals surface area contributed by atoms with Crippen LogP contribution < -0.4 is 10.6 Å². The first kappa shape index (κ1) is 18.0. The molecule has 0 fully saturated rings. The van der Waals surface area contributed by atoms with Crippen LogP contribution in [0.4, 0.5) is 17.5 Å². The molecule has 3 aromatic rings. The minimum atomic E-state index is -0.520. The fourth-order valence-corrected chi connectivity index (χ4v) is 2.16. The lowest BCUT2D eigenvalue weighted by atomic mass is 10.2. The van der Waals surface area contributed by atoms with E-state index in [4.69, 9.17) is 0 Å². The van der Waals surface area contributed by atoms with Gasteiger partial charge in [-0.2, -0.15) is 5.10 Å². The Morgan fingerprint density at radius 1 is 1.19 bits per heavy atom. The van der Waals surface area contributed by atoms with Gasteiger partial charge in [-0.3, -0.25) is 14.3 Å². The summed E-state index contributed by atoms with van der Waals surface area (Å²) in [4.78, 5) is 35.1. The van der Waals surface area contributed by atoms with Crippen LogP contribution in [0.1, 0.15) is 6.92 Å². The van der Waals surface area contributed by atoms with Crippen LogP contribution in [-0.4, -0.2) is 43.2 Å². The first-order chi connectivity index (χ1) is 13.0. The fourth-order valence-electron chi connectivity index (χ4n) is 2.16. The Morgan fingerprint density at radius 2 is 2.04 bits per heavy atom. The van der Waals surface area contributed by atoms with Gasteiger partial charge in [0.25, 0.3) is 5.91 Å². The van der Waals surface area contributed by atoms with Gasteiger partial charge in [-0.1, -0.05) is 0 Å². The lowest BCUT2D eigenvalue weighted by Gasteiger charge is -2.07. The van der Waals surface area contributed by atoms with Gasteiger partial charge in [-0.25, -0.2) is 15.0 Å². The van der Waals surface area contributed by atoms with E-state index in [2.05, 4.69) is 35.4 Å². The van der Waals surface area contributed by atoms with Crippen molar-refractivity contribution in [2.45, 2.75) is 6.92 Å². The molecule has 0 atom stereocenters. The molecule has 0 radical (unpaired) electrons. The molecule has 10 nitrogen and oxygen atoms in total. The SMILES string of the molecule is CC(=O)OCC(=O)Nc1ccc(-c2ccnc(Nc3cnn(C)c3)n2)cn1. The molecule has 138 valence electrons. The standard InChI is InChI=1S/C17H17N7O3/c1-11(25)27-10-16(26)23-15-4-3-12(7-19-15)14-5-6-18-17(22-14)21-13-8-20-24(2)9-13/h3-9H,10H2,1-2H3,(H,18,21,22)(H,19,23,26). The van der Waals surface area contributed by atoms with E-state index < -0.39 is 11.9 Å². The van der Waals surface area contributed by atoms with Gasteiger partial charge in [-0.15, -0.1) is 0 Å². The summed E-state index contributed by atoms with van der Waals surface area (Å²) in [5, 5.41) is 9.69. The molecule has 0 unspecified atom stereocenters. The molecule has 1 amide bonds. The normalized spacial score (nSPS) is 10.3. The molecule has 2 N–H and O–H groups in total. The summed E-state index contributed by atoms with van der Waals surface area (Å²) in [6.07, 6.45) is 6.70. The van der Waals surface area contributed by atoms with E-state index in [1.54, 1.807) is 41.5 Å². The van der Waals surface area contributed by atoms with Crippen LogP contribution in [0.2, 0.25) is 0 Å². The number of carbonyl (C=O) groups excluding carboxylic acids is 2. The first-order valence-corrected chi connectivity index (χ1v) is 7.98. The van der Waals surface area contributed by atoms with Gasteiger partial charge in [-0.05, 0) is 18.2 Å². The van der Waals surface area contributed by atoms with Gasteiger partial charge < -0.3 is 15.4 Å². The Hall–Kier alpha value is -3.82. The number of esters is 1. The van der Waals surface area contributed by atoms with Crippen molar-refractivity contribution in [2.24, 2.45) is 7.05 Å².